The summed E-state index contributed by atoms with van der Waals surface area (Å²) in [5.41, 5.74) is 4.26. The molecule has 0 spiro atoms. The van der Waals surface area contributed by atoms with Crippen LogP contribution in [0.1, 0.15) is 17.2 Å². The average molecular weight is 325 g/mol. The van der Waals surface area contributed by atoms with Gasteiger partial charge in [0.05, 0.1) is 13.2 Å². The molecule has 1 unspecified atom stereocenters. The summed E-state index contributed by atoms with van der Waals surface area (Å²) in [4.78, 5) is 0. The molecule has 3 N–H and O–H groups in total. The second kappa shape index (κ2) is 6.14. The van der Waals surface area contributed by atoms with Crippen LogP contribution >= 0.6 is 15.9 Å². The summed E-state index contributed by atoms with van der Waals surface area (Å²) in [5.74, 6) is 6.01. The fourth-order valence-corrected chi connectivity index (χ4v) is 2.46. The third-order valence-electron chi connectivity index (χ3n) is 2.89. The molecule has 19 heavy (non-hydrogen) atoms. The van der Waals surface area contributed by atoms with Crippen LogP contribution in [0.4, 0.5) is 4.39 Å². The maximum atomic E-state index is 13.4. The number of nitrogens with two attached hydrogens (primary N) is 1. The Morgan fingerprint density at radius 3 is 2.63 bits per heavy atom. The normalized spacial score (nSPS) is 12.2. The minimum absolute atomic E-state index is 0.312. The van der Waals surface area contributed by atoms with Crippen molar-refractivity contribution in [1.29, 1.82) is 0 Å². The van der Waals surface area contributed by atoms with Crippen LogP contribution in [0.3, 0.4) is 0 Å². The zero-order chi connectivity index (χ0) is 13.8. The van der Waals surface area contributed by atoms with Gasteiger partial charge in [0.25, 0.3) is 0 Å². The molecule has 0 radical (unpaired) electrons. The van der Waals surface area contributed by atoms with Gasteiger partial charge in [-0.15, -0.1) is 0 Å². The van der Waals surface area contributed by atoms with E-state index in [2.05, 4.69) is 21.4 Å². The summed E-state index contributed by atoms with van der Waals surface area (Å²) in [6.07, 6.45) is 0. The minimum Gasteiger partial charge on any atom is -0.496 e. The number of halogens is 2. The number of ether oxygens (including phenoxy) is 1. The van der Waals surface area contributed by atoms with Crippen LogP contribution in [0.25, 0.3) is 0 Å². The molecule has 5 heteroatoms. The van der Waals surface area contributed by atoms with Crippen molar-refractivity contribution in [2.45, 2.75) is 6.04 Å². The molecular weight excluding hydrogens is 311 g/mol. The minimum atomic E-state index is -0.360. The summed E-state index contributed by atoms with van der Waals surface area (Å²) in [5, 5.41) is 0. The Hall–Kier alpha value is -1.43. The molecule has 0 fully saturated rings. The fraction of sp³-hybridized carbons (Fsp3) is 0.143. The second-order valence-corrected chi connectivity index (χ2v) is 4.86. The van der Waals surface area contributed by atoms with E-state index >= 15 is 0 Å². The number of para-hydroxylation sites is 1. The summed E-state index contributed by atoms with van der Waals surface area (Å²) in [6.45, 7) is 0. The van der Waals surface area contributed by atoms with E-state index in [-0.39, 0.29) is 11.9 Å². The molecule has 1 atom stereocenters. The van der Waals surface area contributed by atoms with Crippen LogP contribution in [0.15, 0.2) is 46.9 Å². The lowest BCUT2D eigenvalue weighted by molar-refractivity contribution is 0.404. The Morgan fingerprint density at radius 2 is 1.95 bits per heavy atom. The molecule has 0 aliphatic carbocycles. The zero-order valence-electron chi connectivity index (χ0n) is 10.4. The highest BCUT2D eigenvalue weighted by molar-refractivity contribution is 9.10. The van der Waals surface area contributed by atoms with Crippen molar-refractivity contribution >= 4 is 15.9 Å². The standard InChI is InChI=1S/C14H14BrFN2O/c1-19-13-5-3-2-4-10(13)14(18-17)11-8-9(16)6-7-12(11)15/h2-8,14,18H,17H2,1H3. The highest BCUT2D eigenvalue weighted by atomic mass is 79.9. The molecule has 2 aromatic carbocycles. The maximum absolute atomic E-state index is 13.4. The predicted octanol–water partition coefficient (Wildman–Crippen LogP) is 3.15. The topological polar surface area (TPSA) is 47.3 Å². The lowest BCUT2D eigenvalue weighted by atomic mass is 9.98. The van der Waals surface area contributed by atoms with Gasteiger partial charge < -0.3 is 4.74 Å². The van der Waals surface area contributed by atoms with E-state index in [0.29, 0.717) is 11.3 Å². The van der Waals surface area contributed by atoms with Crippen LogP contribution in [0.5, 0.6) is 5.75 Å². The van der Waals surface area contributed by atoms with Crippen LogP contribution in [0, 0.1) is 5.82 Å². The van der Waals surface area contributed by atoms with Crippen LogP contribution in [0.2, 0.25) is 0 Å². The molecule has 0 heterocycles. The zero-order valence-corrected chi connectivity index (χ0v) is 11.9. The SMILES string of the molecule is COc1ccccc1C(NN)c1cc(F)ccc1Br. The number of nitrogens with one attached hydrogen (secondary N) is 1. The van der Waals surface area contributed by atoms with E-state index in [1.807, 2.05) is 24.3 Å². The first-order valence-electron chi connectivity index (χ1n) is 5.71. The van der Waals surface area contributed by atoms with Crippen molar-refractivity contribution in [3.05, 3.63) is 63.9 Å². The van der Waals surface area contributed by atoms with E-state index in [4.69, 9.17) is 10.6 Å². The Morgan fingerprint density at radius 1 is 1.21 bits per heavy atom. The molecule has 0 aliphatic rings. The molecule has 0 saturated carbocycles. The highest BCUT2D eigenvalue weighted by Gasteiger charge is 2.19. The predicted molar refractivity (Wildman–Crippen MR) is 76.3 cm³/mol. The number of hydrogen-bond acceptors (Lipinski definition) is 3. The molecule has 2 aromatic rings. The number of hydrogen-bond donors (Lipinski definition) is 2. The Bertz CT molecular complexity index is 577. The average Bonchev–Trinajstić information content (AvgIpc) is 2.44. The molecular formula is C14H14BrFN2O. The summed E-state index contributed by atoms with van der Waals surface area (Å²) in [7, 11) is 1.59. The maximum Gasteiger partial charge on any atom is 0.124 e. The molecule has 2 rings (SSSR count). The quantitative estimate of drug-likeness (QED) is 0.671. The first-order chi connectivity index (χ1) is 9.17. The lowest BCUT2D eigenvalue weighted by Gasteiger charge is -2.20. The summed E-state index contributed by atoms with van der Waals surface area (Å²) in [6, 6.07) is 11.6. The van der Waals surface area contributed by atoms with E-state index in [9.17, 15) is 4.39 Å². The van der Waals surface area contributed by atoms with Crippen molar-refractivity contribution in [2.75, 3.05) is 7.11 Å². The van der Waals surface area contributed by atoms with Gasteiger partial charge in [0.15, 0.2) is 0 Å². The van der Waals surface area contributed by atoms with Crippen molar-refractivity contribution < 1.29 is 9.13 Å². The van der Waals surface area contributed by atoms with Gasteiger partial charge in [0, 0.05) is 10.0 Å². The van der Waals surface area contributed by atoms with Gasteiger partial charge >= 0.3 is 0 Å². The van der Waals surface area contributed by atoms with E-state index in [1.54, 1.807) is 13.2 Å². The van der Waals surface area contributed by atoms with E-state index < -0.39 is 0 Å². The Labute approximate surface area is 119 Å². The van der Waals surface area contributed by atoms with Gasteiger partial charge in [0.2, 0.25) is 0 Å². The Kier molecular flexibility index (Phi) is 4.52. The van der Waals surface area contributed by atoms with E-state index in [1.165, 1.54) is 12.1 Å². The van der Waals surface area contributed by atoms with Crippen molar-refractivity contribution in [2.24, 2.45) is 5.84 Å². The van der Waals surface area contributed by atoms with Gasteiger partial charge in [-0.25, -0.2) is 9.82 Å². The molecule has 0 saturated heterocycles. The van der Waals surface area contributed by atoms with Crippen molar-refractivity contribution in [1.82, 2.24) is 5.43 Å². The van der Waals surface area contributed by atoms with Crippen LogP contribution in [-0.4, -0.2) is 7.11 Å². The monoisotopic (exact) mass is 324 g/mol. The molecule has 0 bridgehead atoms. The smallest absolute Gasteiger partial charge is 0.124 e. The van der Waals surface area contributed by atoms with Gasteiger partial charge in [-0.3, -0.25) is 5.84 Å². The van der Waals surface area contributed by atoms with Gasteiger partial charge in [-0.05, 0) is 29.8 Å². The Balaban J connectivity index is 2.53. The molecule has 0 aromatic heterocycles. The van der Waals surface area contributed by atoms with Gasteiger partial charge in [0.1, 0.15) is 11.6 Å². The number of hydrazine groups is 1. The second-order valence-electron chi connectivity index (χ2n) is 4.01. The van der Waals surface area contributed by atoms with Crippen molar-refractivity contribution in [3.63, 3.8) is 0 Å². The van der Waals surface area contributed by atoms with Crippen LogP contribution < -0.4 is 16.0 Å². The lowest BCUT2D eigenvalue weighted by Crippen LogP contribution is -2.29. The third kappa shape index (κ3) is 2.94. The first kappa shape index (κ1) is 14.0. The van der Waals surface area contributed by atoms with Gasteiger partial charge in [-0.1, -0.05) is 34.1 Å². The fourth-order valence-electron chi connectivity index (χ4n) is 1.99. The molecule has 0 aliphatic heterocycles. The van der Waals surface area contributed by atoms with E-state index in [0.717, 1.165) is 10.0 Å². The first-order valence-corrected chi connectivity index (χ1v) is 6.50. The molecule has 100 valence electrons. The van der Waals surface area contributed by atoms with Crippen molar-refractivity contribution in [3.8, 4) is 5.75 Å². The molecule has 0 amide bonds. The number of rotatable bonds is 4. The van der Waals surface area contributed by atoms with Crippen LogP contribution in [-0.2, 0) is 0 Å². The molecule has 3 nitrogen and oxygen atoms in total. The highest BCUT2D eigenvalue weighted by Crippen LogP contribution is 2.33. The number of methoxy groups -OCH3 is 1. The number of benzene rings is 2. The van der Waals surface area contributed by atoms with Gasteiger partial charge in [-0.2, -0.15) is 0 Å². The largest absolute Gasteiger partial charge is 0.496 e. The summed E-state index contributed by atoms with van der Waals surface area (Å²) < 4.78 is 19.5. The third-order valence-corrected chi connectivity index (χ3v) is 3.61. The summed E-state index contributed by atoms with van der Waals surface area (Å²) >= 11 is 3.41.